The predicted octanol–water partition coefficient (Wildman–Crippen LogP) is 5.47. The third-order valence-electron chi connectivity index (χ3n) is 10.2. The number of sulfonamides is 1. The standard InChI is InChI=1S/C32H41ClN2O5S/c1-20-5-6-21(2)41(38,39)34-31(37)23-8-12-30-28(16-23)35(17-24-7-10-26(24)29(36)14-20)18-32(19-40-30)13-3-4-22-15-25(33)9-11-27(22)32/h8-9,11-12,15-16,20-21,24,26,29,36H,3-7,10,13-14,17-19H2,1-2H3,(H,34,37)/t20-,21-,24+,26-,29+,32+/m1/s1. The van der Waals surface area contributed by atoms with Crippen LogP contribution in [0.25, 0.3) is 0 Å². The van der Waals surface area contributed by atoms with E-state index in [1.165, 1.54) is 11.1 Å². The van der Waals surface area contributed by atoms with Gasteiger partial charge in [-0.3, -0.25) is 4.79 Å². The maximum Gasteiger partial charge on any atom is 0.264 e. The molecule has 2 N–H and O–H groups in total. The smallest absolute Gasteiger partial charge is 0.264 e. The van der Waals surface area contributed by atoms with Crippen LogP contribution in [0, 0.1) is 17.8 Å². The zero-order valence-corrected chi connectivity index (χ0v) is 25.5. The number of anilines is 1. The van der Waals surface area contributed by atoms with E-state index in [9.17, 15) is 18.3 Å². The molecule has 2 aliphatic heterocycles. The molecule has 41 heavy (non-hydrogen) atoms. The number of hydrogen-bond acceptors (Lipinski definition) is 6. The minimum Gasteiger partial charge on any atom is -0.490 e. The van der Waals surface area contributed by atoms with Gasteiger partial charge in [0.05, 0.1) is 23.6 Å². The molecule has 6 atom stereocenters. The van der Waals surface area contributed by atoms with Gasteiger partial charge in [0, 0.05) is 29.1 Å². The Balaban J connectivity index is 1.41. The number of aliphatic hydroxyl groups is 1. The van der Waals surface area contributed by atoms with Crippen molar-refractivity contribution in [2.24, 2.45) is 17.8 Å². The monoisotopic (exact) mass is 600 g/mol. The summed E-state index contributed by atoms with van der Waals surface area (Å²) in [6, 6.07) is 11.4. The summed E-state index contributed by atoms with van der Waals surface area (Å²) in [6.45, 7) is 5.70. The van der Waals surface area contributed by atoms with E-state index in [2.05, 4.69) is 28.7 Å². The van der Waals surface area contributed by atoms with E-state index in [4.69, 9.17) is 16.3 Å². The van der Waals surface area contributed by atoms with E-state index in [0.29, 0.717) is 49.6 Å². The number of benzene rings is 2. The first kappa shape index (κ1) is 28.8. The summed E-state index contributed by atoms with van der Waals surface area (Å²) in [4.78, 5) is 15.6. The van der Waals surface area contributed by atoms with E-state index in [-0.39, 0.29) is 17.3 Å². The lowest BCUT2D eigenvalue weighted by molar-refractivity contribution is 0.00130. The first-order valence-electron chi connectivity index (χ1n) is 15.1. The molecular weight excluding hydrogens is 560 g/mol. The quantitative estimate of drug-likeness (QED) is 0.416. The first-order chi connectivity index (χ1) is 19.5. The highest BCUT2D eigenvalue weighted by molar-refractivity contribution is 7.90. The number of hydrogen-bond donors (Lipinski definition) is 2. The number of amides is 1. The lowest BCUT2D eigenvalue weighted by Gasteiger charge is -2.46. The van der Waals surface area contributed by atoms with Crippen LogP contribution in [-0.4, -0.2) is 50.5 Å². The van der Waals surface area contributed by atoms with Crippen LogP contribution in [0.15, 0.2) is 36.4 Å². The maximum absolute atomic E-state index is 13.3. The number of ether oxygens (including phenoxy) is 1. The number of halogens is 1. The molecule has 1 amide bonds. The molecule has 6 rings (SSSR count). The van der Waals surface area contributed by atoms with Crippen molar-refractivity contribution in [2.45, 2.75) is 82.0 Å². The topological polar surface area (TPSA) is 95.9 Å². The average Bonchev–Trinajstić information content (AvgIpc) is 3.05. The summed E-state index contributed by atoms with van der Waals surface area (Å²) in [7, 11) is -3.85. The van der Waals surface area contributed by atoms with Gasteiger partial charge in [-0.2, -0.15) is 0 Å². The van der Waals surface area contributed by atoms with Gasteiger partial charge in [-0.05, 0) is 118 Å². The number of carbonyl (C=O) groups is 1. The Morgan fingerprint density at radius 3 is 2.71 bits per heavy atom. The van der Waals surface area contributed by atoms with Gasteiger partial charge in [0.1, 0.15) is 5.75 Å². The lowest BCUT2D eigenvalue weighted by Crippen LogP contribution is -2.49. The molecule has 2 aromatic carbocycles. The molecular formula is C32H41ClN2O5S. The van der Waals surface area contributed by atoms with Crippen molar-refractivity contribution < 1.29 is 23.1 Å². The van der Waals surface area contributed by atoms with Crippen molar-refractivity contribution in [3.05, 3.63) is 58.1 Å². The number of aliphatic hydroxyl groups excluding tert-OH is 1. The van der Waals surface area contributed by atoms with Crippen LogP contribution < -0.4 is 14.4 Å². The minimum atomic E-state index is -3.85. The lowest BCUT2D eigenvalue weighted by atomic mass is 9.67. The second-order valence-corrected chi connectivity index (χ2v) is 15.6. The molecule has 2 heterocycles. The highest BCUT2D eigenvalue weighted by Gasteiger charge is 2.44. The average molecular weight is 601 g/mol. The minimum absolute atomic E-state index is 0.187. The maximum atomic E-state index is 13.3. The predicted molar refractivity (Wildman–Crippen MR) is 161 cm³/mol. The number of carbonyl (C=O) groups excluding carboxylic acids is 1. The Labute approximate surface area is 248 Å². The summed E-state index contributed by atoms with van der Waals surface area (Å²) in [5.41, 5.74) is 3.39. The number of rotatable bonds is 0. The van der Waals surface area contributed by atoms with E-state index >= 15 is 0 Å². The number of nitrogens with zero attached hydrogens (tertiary/aromatic N) is 1. The number of fused-ring (bicyclic) bond motifs is 4. The van der Waals surface area contributed by atoms with Crippen molar-refractivity contribution in [1.29, 1.82) is 0 Å². The fourth-order valence-corrected chi connectivity index (χ4v) is 8.75. The van der Waals surface area contributed by atoms with Crippen LogP contribution in [0.4, 0.5) is 5.69 Å². The molecule has 1 fully saturated rings. The zero-order chi connectivity index (χ0) is 28.9. The Morgan fingerprint density at radius 2 is 1.93 bits per heavy atom. The Kier molecular flexibility index (Phi) is 7.79. The summed E-state index contributed by atoms with van der Waals surface area (Å²) in [6.07, 6.45) is 6.40. The van der Waals surface area contributed by atoms with E-state index < -0.39 is 27.3 Å². The number of aryl methyl sites for hydroxylation is 1. The molecule has 4 aliphatic rings. The molecule has 0 aromatic heterocycles. The number of nitrogens with one attached hydrogen (secondary N) is 1. The Morgan fingerprint density at radius 1 is 1.10 bits per heavy atom. The molecule has 1 saturated carbocycles. The fourth-order valence-electron chi connectivity index (χ4n) is 7.53. The Hall–Kier alpha value is -2.29. The molecule has 2 bridgehead atoms. The van der Waals surface area contributed by atoms with Gasteiger partial charge < -0.3 is 14.7 Å². The van der Waals surface area contributed by atoms with Crippen LogP contribution in [0.2, 0.25) is 5.02 Å². The van der Waals surface area contributed by atoms with Crippen LogP contribution in [0.3, 0.4) is 0 Å². The van der Waals surface area contributed by atoms with Crippen LogP contribution in [0.1, 0.15) is 80.3 Å². The first-order valence-corrected chi connectivity index (χ1v) is 17.0. The van der Waals surface area contributed by atoms with Crippen molar-refractivity contribution >= 4 is 33.2 Å². The molecule has 0 radical (unpaired) electrons. The largest absolute Gasteiger partial charge is 0.490 e. The van der Waals surface area contributed by atoms with Crippen LogP contribution in [0.5, 0.6) is 5.75 Å². The molecule has 0 unspecified atom stereocenters. The molecule has 222 valence electrons. The molecule has 2 aromatic rings. The second-order valence-electron chi connectivity index (χ2n) is 13.1. The molecule has 7 nitrogen and oxygen atoms in total. The van der Waals surface area contributed by atoms with Gasteiger partial charge in [-0.25, -0.2) is 13.1 Å². The third kappa shape index (κ3) is 5.59. The van der Waals surface area contributed by atoms with Crippen molar-refractivity contribution in [2.75, 3.05) is 24.6 Å². The molecule has 9 heteroatoms. The summed E-state index contributed by atoms with van der Waals surface area (Å²) in [5.74, 6) is 0.805. The fraction of sp³-hybridized carbons (Fsp3) is 0.594. The van der Waals surface area contributed by atoms with Crippen molar-refractivity contribution in [1.82, 2.24) is 4.72 Å². The van der Waals surface area contributed by atoms with E-state index in [0.717, 1.165) is 49.4 Å². The van der Waals surface area contributed by atoms with Gasteiger partial charge >= 0.3 is 0 Å². The van der Waals surface area contributed by atoms with Crippen LogP contribution >= 0.6 is 11.6 Å². The molecule has 0 saturated heterocycles. The van der Waals surface area contributed by atoms with Crippen molar-refractivity contribution in [3.8, 4) is 5.75 Å². The Bertz CT molecular complexity index is 1430. The van der Waals surface area contributed by atoms with E-state index in [1.807, 2.05) is 6.07 Å². The SMILES string of the molecule is C[C@@H]1CC[C@@H](C)S(=O)(=O)NC(=O)c2ccc3c(c2)N(C[C@@H]2CC[C@H]2[C@@H](O)C1)C[C@@]1(CCCc2cc(Cl)ccc21)CO3. The summed E-state index contributed by atoms with van der Waals surface area (Å²) < 4.78 is 34.9. The van der Waals surface area contributed by atoms with Gasteiger partial charge in [-0.1, -0.05) is 24.6 Å². The van der Waals surface area contributed by atoms with Gasteiger partial charge in [0.15, 0.2) is 0 Å². The third-order valence-corrected chi connectivity index (χ3v) is 12.2. The van der Waals surface area contributed by atoms with Gasteiger partial charge in [0.25, 0.3) is 5.91 Å². The van der Waals surface area contributed by atoms with Gasteiger partial charge in [-0.15, -0.1) is 0 Å². The second kappa shape index (κ2) is 11.1. The molecule has 2 aliphatic carbocycles. The summed E-state index contributed by atoms with van der Waals surface area (Å²) >= 11 is 6.39. The van der Waals surface area contributed by atoms with Crippen LogP contribution in [-0.2, 0) is 21.9 Å². The van der Waals surface area contributed by atoms with Gasteiger partial charge in [0.2, 0.25) is 10.0 Å². The van der Waals surface area contributed by atoms with Crippen molar-refractivity contribution in [3.63, 3.8) is 0 Å². The normalized spacial score (nSPS) is 33.4. The van der Waals surface area contributed by atoms with E-state index in [1.54, 1.807) is 25.1 Å². The highest BCUT2D eigenvalue weighted by atomic mass is 35.5. The highest BCUT2D eigenvalue weighted by Crippen LogP contribution is 2.47. The summed E-state index contributed by atoms with van der Waals surface area (Å²) in [5, 5.41) is 11.3. The zero-order valence-electron chi connectivity index (χ0n) is 23.9. The molecule has 1 spiro atoms.